The molecular formula is C23H17N3O4. The minimum absolute atomic E-state index is 0.0273. The molecule has 1 N–H and O–H groups in total. The predicted molar refractivity (Wildman–Crippen MR) is 112 cm³/mol. The number of ether oxygens (including phenoxy) is 1. The number of non-ortho nitro benzene ring substituents is 1. The van der Waals surface area contributed by atoms with E-state index in [0.717, 1.165) is 0 Å². The number of hydrogen-bond acceptors (Lipinski definition) is 5. The highest BCUT2D eigenvalue weighted by Gasteiger charge is 2.30. The highest BCUT2D eigenvalue weighted by atomic mass is 16.6. The van der Waals surface area contributed by atoms with E-state index in [9.17, 15) is 20.2 Å². The molecule has 7 nitrogen and oxygen atoms in total. The van der Waals surface area contributed by atoms with E-state index in [1.165, 1.54) is 12.1 Å². The number of aromatic nitrogens is 1. The lowest BCUT2D eigenvalue weighted by molar-refractivity contribution is -0.384. The molecule has 2 heterocycles. The van der Waals surface area contributed by atoms with Crippen molar-refractivity contribution in [2.24, 2.45) is 0 Å². The second-order valence-corrected chi connectivity index (χ2v) is 7.49. The van der Waals surface area contributed by atoms with Crippen LogP contribution < -0.4 is 10.3 Å². The number of fused-ring (bicyclic) bond motifs is 1. The average molecular weight is 399 g/mol. The van der Waals surface area contributed by atoms with Crippen molar-refractivity contribution in [2.75, 3.05) is 0 Å². The molecule has 1 aliphatic heterocycles. The van der Waals surface area contributed by atoms with Crippen molar-refractivity contribution >= 4 is 11.3 Å². The highest BCUT2D eigenvalue weighted by Crippen LogP contribution is 2.41. The van der Waals surface area contributed by atoms with Crippen molar-refractivity contribution in [1.29, 1.82) is 5.26 Å². The first-order valence-electron chi connectivity index (χ1n) is 9.22. The summed E-state index contributed by atoms with van der Waals surface area (Å²) in [4.78, 5) is 26.2. The van der Waals surface area contributed by atoms with Crippen LogP contribution in [0.3, 0.4) is 0 Å². The number of rotatable bonds is 3. The molecule has 30 heavy (non-hydrogen) atoms. The fourth-order valence-corrected chi connectivity index (χ4v) is 3.59. The number of nitriles is 1. The van der Waals surface area contributed by atoms with Crippen molar-refractivity contribution in [2.45, 2.75) is 19.4 Å². The Morgan fingerprint density at radius 1 is 1.10 bits per heavy atom. The topological polar surface area (TPSA) is 109 Å². The van der Waals surface area contributed by atoms with Crippen LogP contribution in [-0.4, -0.2) is 15.5 Å². The molecule has 148 valence electrons. The normalized spacial score (nSPS) is 14.1. The SMILES string of the molecule is CC1(C)C=C(c2c(-c3ccc([N+](=O)[O-])cc3)cc[nH]c2=O)c2cc(C#N)ccc2O1. The molecule has 3 aromatic rings. The summed E-state index contributed by atoms with van der Waals surface area (Å²) in [5, 5.41) is 20.3. The van der Waals surface area contributed by atoms with Crippen LogP contribution in [0.15, 0.2) is 65.6 Å². The quantitative estimate of drug-likeness (QED) is 0.518. The molecule has 1 aromatic heterocycles. The first-order chi connectivity index (χ1) is 14.3. The monoisotopic (exact) mass is 399 g/mol. The summed E-state index contributed by atoms with van der Waals surface area (Å²) in [6.07, 6.45) is 3.40. The summed E-state index contributed by atoms with van der Waals surface area (Å²) < 4.78 is 6.03. The Hall–Kier alpha value is -4.18. The summed E-state index contributed by atoms with van der Waals surface area (Å²) in [6, 6.07) is 15.0. The molecule has 0 saturated heterocycles. The molecule has 0 unspecified atom stereocenters. The molecular weight excluding hydrogens is 382 g/mol. The zero-order valence-corrected chi connectivity index (χ0v) is 16.3. The molecule has 2 aromatic carbocycles. The average Bonchev–Trinajstić information content (AvgIpc) is 2.72. The number of nitrogens with zero attached hydrogens (tertiary/aromatic N) is 2. The van der Waals surface area contributed by atoms with E-state index in [0.29, 0.717) is 39.1 Å². The Morgan fingerprint density at radius 2 is 1.83 bits per heavy atom. The van der Waals surface area contributed by atoms with Crippen molar-refractivity contribution in [3.05, 3.63) is 98.0 Å². The van der Waals surface area contributed by atoms with E-state index in [-0.39, 0.29) is 11.2 Å². The van der Waals surface area contributed by atoms with Crippen LogP contribution in [-0.2, 0) is 0 Å². The van der Waals surface area contributed by atoms with Gasteiger partial charge in [0.1, 0.15) is 11.4 Å². The van der Waals surface area contributed by atoms with Gasteiger partial charge in [-0.15, -0.1) is 0 Å². The molecule has 0 saturated carbocycles. The second kappa shape index (κ2) is 7.01. The fourth-order valence-electron chi connectivity index (χ4n) is 3.59. The van der Waals surface area contributed by atoms with Gasteiger partial charge in [-0.25, -0.2) is 0 Å². The Labute approximate surface area is 172 Å². The van der Waals surface area contributed by atoms with Gasteiger partial charge in [-0.05, 0) is 73.0 Å². The lowest BCUT2D eigenvalue weighted by Gasteiger charge is -2.31. The second-order valence-electron chi connectivity index (χ2n) is 7.49. The molecule has 0 bridgehead atoms. The molecule has 0 atom stereocenters. The van der Waals surface area contributed by atoms with E-state index in [4.69, 9.17) is 4.74 Å². The summed E-state index contributed by atoms with van der Waals surface area (Å²) in [5.74, 6) is 0.578. The molecule has 0 radical (unpaired) electrons. The third kappa shape index (κ3) is 3.35. The maximum Gasteiger partial charge on any atom is 0.269 e. The van der Waals surface area contributed by atoms with E-state index in [2.05, 4.69) is 11.1 Å². The summed E-state index contributed by atoms with van der Waals surface area (Å²) in [7, 11) is 0. The zero-order valence-electron chi connectivity index (χ0n) is 16.3. The summed E-state index contributed by atoms with van der Waals surface area (Å²) in [6.45, 7) is 3.77. The van der Waals surface area contributed by atoms with E-state index in [1.807, 2.05) is 19.9 Å². The Bertz CT molecular complexity index is 1300. The molecule has 0 fully saturated rings. The van der Waals surface area contributed by atoms with E-state index in [1.54, 1.807) is 42.6 Å². The van der Waals surface area contributed by atoms with Crippen LogP contribution in [0.25, 0.3) is 16.7 Å². The van der Waals surface area contributed by atoms with Crippen LogP contribution in [0.4, 0.5) is 5.69 Å². The molecule has 4 rings (SSSR count). The lowest BCUT2D eigenvalue weighted by atomic mass is 9.86. The number of nitrogens with one attached hydrogen (secondary N) is 1. The van der Waals surface area contributed by atoms with Crippen molar-refractivity contribution in [1.82, 2.24) is 4.98 Å². The minimum atomic E-state index is -0.675. The van der Waals surface area contributed by atoms with Gasteiger partial charge in [0.2, 0.25) is 0 Å². The number of aromatic amines is 1. The van der Waals surface area contributed by atoms with Crippen LogP contribution in [0.2, 0.25) is 0 Å². The number of nitro groups is 1. The Kier molecular flexibility index (Phi) is 4.47. The largest absolute Gasteiger partial charge is 0.483 e. The van der Waals surface area contributed by atoms with Gasteiger partial charge >= 0.3 is 0 Å². The van der Waals surface area contributed by atoms with E-state index >= 15 is 0 Å². The molecule has 0 spiro atoms. The molecule has 0 amide bonds. The van der Waals surface area contributed by atoms with Crippen LogP contribution in [0.1, 0.15) is 30.5 Å². The first-order valence-corrected chi connectivity index (χ1v) is 9.22. The Morgan fingerprint density at radius 3 is 2.50 bits per heavy atom. The maximum atomic E-state index is 13.0. The van der Waals surface area contributed by atoms with Crippen molar-refractivity contribution in [3.63, 3.8) is 0 Å². The van der Waals surface area contributed by atoms with Crippen LogP contribution in [0.5, 0.6) is 5.75 Å². The number of H-pyrrole nitrogens is 1. The molecule has 0 aliphatic carbocycles. The van der Waals surface area contributed by atoms with Gasteiger partial charge in [-0.1, -0.05) is 0 Å². The zero-order chi connectivity index (χ0) is 21.5. The highest BCUT2D eigenvalue weighted by molar-refractivity contribution is 5.91. The number of hydrogen-bond donors (Lipinski definition) is 1. The van der Waals surface area contributed by atoms with Gasteiger partial charge in [0.05, 0.1) is 22.1 Å². The number of benzene rings is 2. The minimum Gasteiger partial charge on any atom is -0.483 e. The van der Waals surface area contributed by atoms with Crippen molar-refractivity contribution < 1.29 is 9.66 Å². The van der Waals surface area contributed by atoms with Gasteiger partial charge in [-0.2, -0.15) is 5.26 Å². The van der Waals surface area contributed by atoms with Gasteiger partial charge in [0.25, 0.3) is 11.2 Å². The number of nitro benzene ring substituents is 1. The van der Waals surface area contributed by atoms with Gasteiger partial charge in [0.15, 0.2) is 0 Å². The van der Waals surface area contributed by atoms with Crippen LogP contribution in [0, 0.1) is 21.4 Å². The fraction of sp³-hybridized carbons (Fsp3) is 0.130. The standard InChI is InChI=1S/C23H17N3O4/c1-23(2)12-19(18-11-14(13-24)3-8-20(18)30-23)21-17(9-10-25-22(21)27)15-4-6-16(7-5-15)26(28)29/h3-12H,1-2H3,(H,25,27). The van der Waals surface area contributed by atoms with Gasteiger partial charge in [0, 0.05) is 23.9 Å². The summed E-state index contributed by atoms with van der Waals surface area (Å²) in [5.41, 5.74) is 2.46. The third-order valence-electron chi connectivity index (χ3n) is 4.88. The maximum absolute atomic E-state index is 13.0. The van der Waals surface area contributed by atoms with Gasteiger partial charge < -0.3 is 9.72 Å². The van der Waals surface area contributed by atoms with Crippen molar-refractivity contribution in [3.8, 4) is 22.9 Å². The molecule has 7 heteroatoms. The van der Waals surface area contributed by atoms with Gasteiger partial charge in [-0.3, -0.25) is 14.9 Å². The number of pyridine rings is 1. The lowest BCUT2D eigenvalue weighted by Crippen LogP contribution is -2.30. The van der Waals surface area contributed by atoms with Crippen LogP contribution >= 0.6 is 0 Å². The smallest absolute Gasteiger partial charge is 0.269 e. The van der Waals surface area contributed by atoms with E-state index < -0.39 is 10.5 Å². The Balaban J connectivity index is 1.97. The predicted octanol–water partition coefficient (Wildman–Crippen LogP) is 4.42. The molecule has 1 aliphatic rings. The third-order valence-corrected chi connectivity index (χ3v) is 4.88. The first kappa shape index (κ1) is 19.2. The summed E-state index contributed by atoms with van der Waals surface area (Å²) >= 11 is 0.